The summed E-state index contributed by atoms with van der Waals surface area (Å²) in [5.74, 6) is 1.36. The number of ether oxygens (including phenoxy) is 1. The van der Waals surface area contributed by atoms with Crippen LogP contribution in [0.15, 0.2) is 36.4 Å². The first-order valence-electron chi connectivity index (χ1n) is 7.14. The molecule has 3 N–H and O–H groups in total. The Bertz CT molecular complexity index is 695. The van der Waals surface area contributed by atoms with Crippen molar-refractivity contribution in [1.82, 2.24) is 0 Å². The molecule has 2 aromatic rings. The summed E-state index contributed by atoms with van der Waals surface area (Å²) in [4.78, 5) is 11.5. The fourth-order valence-corrected chi connectivity index (χ4v) is 2.47. The first-order valence-corrected chi connectivity index (χ1v) is 7.14. The minimum Gasteiger partial charge on any atom is -0.455 e. The molecular weight excluding hydrogens is 264 g/mol. The van der Waals surface area contributed by atoms with E-state index in [9.17, 15) is 4.79 Å². The van der Waals surface area contributed by atoms with Gasteiger partial charge < -0.3 is 15.8 Å². The molecule has 0 saturated heterocycles. The average Bonchev–Trinajstić information content (AvgIpc) is 2.49. The molecule has 0 unspecified atom stereocenters. The van der Waals surface area contributed by atoms with Crippen molar-refractivity contribution < 1.29 is 9.53 Å². The predicted molar refractivity (Wildman–Crippen MR) is 83.7 cm³/mol. The van der Waals surface area contributed by atoms with Crippen LogP contribution in [0.2, 0.25) is 0 Å². The molecule has 0 atom stereocenters. The van der Waals surface area contributed by atoms with Crippen LogP contribution in [-0.2, 0) is 17.6 Å². The van der Waals surface area contributed by atoms with Gasteiger partial charge in [-0.15, -0.1) is 0 Å². The van der Waals surface area contributed by atoms with Gasteiger partial charge >= 0.3 is 0 Å². The molecule has 0 radical (unpaired) electrons. The van der Waals surface area contributed by atoms with Gasteiger partial charge in [-0.1, -0.05) is 19.1 Å². The fourth-order valence-electron chi connectivity index (χ4n) is 2.47. The number of carbonyl (C=O) groups is 1. The molecule has 21 heavy (non-hydrogen) atoms. The summed E-state index contributed by atoms with van der Waals surface area (Å²) < 4.78 is 5.88. The topological polar surface area (TPSA) is 64.3 Å². The van der Waals surface area contributed by atoms with E-state index in [0.717, 1.165) is 29.8 Å². The van der Waals surface area contributed by atoms with Gasteiger partial charge in [0.25, 0.3) is 0 Å². The number of rotatable bonds is 3. The molecule has 4 heteroatoms. The maximum Gasteiger partial charge on any atom is 0.224 e. The lowest BCUT2D eigenvalue weighted by atomic mass is 10.0. The van der Waals surface area contributed by atoms with E-state index >= 15 is 0 Å². The summed E-state index contributed by atoms with van der Waals surface area (Å²) in [7, 11) is 0. The molecule has 4 nitrogen and oxygen atoms in total. The number of nitrogens with one attached hydrogen (secondary N) is 1. The standard InChI is InChI=1S/C17H18N2O2/c1-2-11-4-3-5-13(8-11)21-16-10-15-12(9-14(16)18)6-7-17(20)19-15/h3-5,8-10H,2,6-7,18H2,1H3,(H,19,20). The molecule has 0 spiro atoms. The highest BCUT2D eigenvalue weighted by Crippen LogP contribution is 2.35. The Kier molecular flexibility index (Phi) is 3.52. The maximum absolute atomic E-state index is 11.5. The number of fused-ring (bicyclic) bond motifs is 1. The van der Waals surface area contributed by atoms with Gasteiger partial charge in [0, 0.05) is 18.2 Å². The number of anilines is 2. The van der Waals surface area contributed by atoms with E-state index < -0.39 is 0 Å². The van der Waals surface area contributed by atoms with Crippen molar-refractivity contribution >= 4 is 17.3 Å². The number of hydrogen-bond donors (Lipinski definition) is 2. The third kappa shape index (κ3) is 2.84. The molecule has 1 aliphatic heterocycles. The van der Waals surface area contributed by atoms with Gasteiger partial charge in [0.2, 0.25) is 5.91 Å². The molecule has 0 aromatic heterocycles. The van der Waals surface area contributed by atoms with Crippen LogP contribution in [-0.4, -0.2) is 5.91 Å². The number of benzene rings is 2. The van der Waals surface area contributed by atoms with Crippen LogP contribution in [0, 0.1) is 0 Å². The first kappa shape index (κ1) is 13.5. The van der Waals surface area contributed by atoms with Crippen molar-refractivity contribution in [2.75, 3.05) is 11.1 Å². The molecular formula is C17H18N2O2. The van der Waals surface area contributed by atoms with Gasteiger partial charge in [0.1, 0.15) is 5.75 Å². The van der Waals surface area contributed by atoms with Crippen molar-refractivity contribution in [3.05, 3.63) is 47.5 Å². The normalized spacial score (nSPS) is 13.5. The number of nitrogens with two attached hydrogens (primary N) is 1. The molecule has 3 rings (SSSR count). The van der Waals surface area contributed by atoms with Crippen LogP contribution >= 0.6 is 0 Å². The number of nitrogen functional groups attached to an aromatic ring is 1. The quantitative estimate of drug-likeness (QED) is 0.847. The summed E-state index contributed by atoms with van der Waals surface area (Å²) in [5.41, 5.74) is 9.71. The molecule has 1 amide bonds. The molecule has 1 aliphatic rings. The minimum atomic E-state index is 0.0335. The largest absolute Gasteiger partial charge is 0.455 e. The third-order valence-electron chi connectivity index (χ3n) is 3.67. The molecule has 0 bridgehead atoms. The zero-order chi connectivity index (χ0) is 14.8. The molecule has 0 aliphatic carbocycles. The third-order valence-corrected chi connectivity index (χ3v) is 3.67. The Morgan fingerprint density at radius 3 is 2.90 bits per heavy atom. The highest BCUT2D eigenvalue weighted by molar-refractivity contribution is 5.94. The number of aryl methyl sites for hydroxylation is 2. The van der Waals surface area contributed by atoms with E-state index in [-0.39, 0.29) is 5.91 Å². The monoisotopic (exact) mass is 282 g/mol. The Morgan fingerprint density at radius 1 is 1.24 bits per heavy atom. The van der Waals surface area contributed by atoms with Gasteiger partial charge in [-0.2, -0.15) is 0 Å². The smallest absolute Gasteiger partial charge is 0.224 e. The summed E-state index contributed by atoms with van der Waals surface area (Å²) in [5, 5.41) is 2.86. The first-order chi connectivity index (χ1) is 10.2. The maximum atomic E-state index is 11.5. The van der Waals surface area contributed by atoms with Crippen molar-refractivity contribution in [1.29, 1.82) is 0 Å². The Balaban J connectivity index is 1.91. The van der Waals surface area contributed by atoms with Gasteiger partial charge in [-0.3, -0.25) is 4.79 Å². The van der Waals surface area contributed by atoms with Crippen molar-refractivity contribution in [3.8, 4) is 11.5 Å². The zero-order valence-electron chi connectivity index (χ0n) is 12.0. The van der Waals surface area contributed by atoms with E-state index in [4.69, 9.17) is 10.5 Å². The number of amides is 1. The molecule has 108 valence electrons. The van der Waals surface area contributed by atoms with Crippen LogP contribution in [0.1, 0.15) is 24.5 Å². The van der Waals surface area contributed by atoms with Crippen LogP contribution in [0.5, 0.6) is 11.5 Å². The SMILES string of the molecule is CCc1cccc(Oc2cc3c(cc2N)CCC(=O)N3)c1. The Hall–Kier alpha value is -2.49. The lowest BCUT2D eigenvalue weighted by Gasteiger charge is -2.19. The summed E-state index contributed by atoms with van der Waals surface area (Å²) >= 11 is 0. The van der Waals surface area contributed by atoms with Gasteiger partial charge in [0.15, 0.2) is 5.75 Å². The van der Waals surface area contributed by atoms with Crippen LogP contribution < -0.4 is 15.8 Å². The summed E-state index contributed by atoms with van der Waals surface area (Å²) in [6, 6.07) is 11.6. The molecule has 2 aromatic carbocycles. The number of hydrogen-bond acceptors (Lipinski definition) is 3. The minimum absolute atomic E-state index is 0.0335. The van der Waals surface area contributed by atoms with E-state index in [2.05, 4.69) is 18.3 Å². The van der Waals surface area contributed by atoms with Gasteiger partial charge in [-0.25, -0.2) is 0 Å². The highest BCUT2D eigenvalue weighted by Gasteiger charge is 2.17. The predicted octanol–water partition coefficient (Wildman–Crippen LogP) is 3.51. The van der Waals surface area contributed by atoms with Gasteiger partial charge in [-0.05, 0) is 42.2 Å². The van der Waals surface area contributed by atoms with Crippen LogP contribution in [0.4, 0.5) is 11.4 Å². The second kappa shape index (κ2) is 5.48. The zero-order valence-corrected chi connectivity index (χ0v) is 12.0. The number of carbonyl (C=O) groups excluding carboxylic acids is 1. The highest BCUT2D eigenvalue weighted by atomic mass is 16.5. The molecule has 0 saturated carbocycles. The van der Waals surface area contributed by atoms with E-state index in [1.807, 2.05) is 24.3 Å². The second-order valence-corrected chi connectivity index (χ2v) is 5.20. The Labute approximate surface area is 123 Å². The van der Waals surface area contributed by atoms with Crippen molar-refractivity contribution in [2.45, 2.75) is 26.2 Å². The summed E-state index contributed by atoms with van der Waals surface area (Å²) in [6.07, 6.45) is 2.18. The van der Waals surface area contributed by atoms with Crippen LogP contribution in [0.3, 0.4) is 0 Å². The van der Waals surface area contributed by atoms with E-state index in [1.54, 1.807) is 6.07 Å². The lowest BCUT2D eigenvalue weighted by molar-refractivity contribution is -0.116. The second-order valence-electron chi connectivity index (χ2n) is 5.20. The van der Waals surface area contributed by atoms with Crippen molar-refractivity contribution in [2.24, 2.45) is 0 Å². The molecule has 1 heterocycles. The van der Waals surface area contributed by atoms with E-state index in [0.29, 0.717) is 17.9 Å². The summed E-state index contributed by atoms with van der Waals surface area (Å²) in [6.45, 7) is 2.10. The van der Waals surface area contributed by atoms with Gasteiger partial charge in [0.05, 0.1) is 5.69 Å². The fraction of sp³-hybridized carbons (Fsp3) is 0.235. The average molecular weight is 282 g/mol. The van der Waals surface area contributed by atoms with E-state index in [1.165, 1.54) is 5.56 Å². The molecule has 0 fully saturated rings. The van der Waals surface area contributed by atoms with Crippen molar-refractivity contribution in [3.63, 3.8) is 0 Å². The lowest BCUT2D eigenvalue weighted by Crippen LogP contribution is -2.19. The van der Waals surface area contributed by atoms with Crippen LogP contribution in [0.25, 0.3) is 0 Å². The Morgan fingerprint density at radius 2 is 2.10 bits per heavy atom.